The molecule has 2 aromatic heterocycles. The van der Waals surface area contributed by atoms with Crippen LogP contribution in [-0.4, -0.2) is 50.3 Å². The minimum Gasteiger partial charge on any atom is -0.394 e. The third kappa shape index (κ3) is 2.16. The van der Waals surface area contributed by atoms with Crippen LogP contribution in [0.3, 0.4) is 0 Å². The average Bonchev–Trinajstić information content (AvgIpc) is 3.09. The summed E-state index contributed by atoms with van der Waals surface area (Å²) in [6.07, 6.45) is -0.187. The maximum absolute atomic E-state index is 12.0. The van der Waals surface area contributed by atoms with E-state index in [2.05, 4.69) is 9.97 Å². The van der Waals surface area contributed by atoms with Gasteiger partial charge in [-0.25, -0.2) is 0 Å². The third-order valence-electron chi connectivity index (χ3n) is 4.18. The first kappa shape index (κ1) is 14.6. The molecule has 0 radical (unpaired) electrons. The summed E-state index contributed by atoms with van der Waals surface area (Å²) in [6, 6.07) is 1.65. The van der Waals surface area contributed by atoms with E-state index in [1.165, 1.54) is 0 Å². The minimum absolute atomic E-state index is 0.0274. The molecule has 23 heavy (non-hydrogen) atoms. The van der Waals surface area contributed by atoms with Gasteiger partial charge in [-0.1, -0.05) is 0 Å². The average molecular weight is 322 g/mol. The number of aliphatic hydroxyl groups excluding tert-OH is 1. The summed E-state index contributed by atoms with van der Waals surface area (Å²) in [5.41, 5.74) is 5.73. The molecule has 2 unspecified atom stereocenters. The molecule has 4 heterocycles. The van der Waals surface area contributed by atoms with E-state index < -0.39 is 30.3 Å². The topological polar surface area (TPSA) is 125 Å². The van der Waals surface area contributed by atoms with Crippen molar-refractivity contribution < 1.29 is 19.3 Å². The van der Waals surface area contributed by atoms with Crippen molar-refractivity contribution in [3.63, 3.8) is 0 Å². The third-order valence-corrected chi connectivity index (χ3v) is 4.18. The molecule has 2 aliphatic rings. The van der Waals surface area contributed by atoms with E-state index in [-0.39, 0.29) is 18.1 Å². The second-order valence-electron chi connectivity index (χ2n) is 6.22. The minimum atomic E-state index is -0.766. The van der Waals surface area contributed by atoms with Crippen molar-refractivity contribution in [2.24, 2.45) is 0 Å². The molecule has 2 saturated heterocycles. The second kappa shape index (κ2) is 4.78. The molecule has 2 fully saturated rings. The Hall–Kier alpha value is -1.94. The van der Waals surface area contributed by atoms with Crippen molar-refractivity contribution in [3.05, 3.63) is 22.6 Å². The molecule has 0 bridgehead atoms. The molecule has 0 aromatic carbocycles. The lowest BCUT2D eigenvalue weighted by atomic mass is 10.1. The van der Waals surface area contributed by atoms with Crippen LogP contribution in [0.5, 0.6) is 0 Å². The van der Waals surface area contributed by atoms with Crippen molar-refractivity contribution in [2.45, 2.75) is 44.2 Å². The molecule has 9 nitrogen and oxygen atoms in total. The lowest BCUT2D eigenvalue weighted by molar-refractivity contribution is -0.199. The van der Waals surface area contributed by atoms with Crippen molar-refractivity contribution >= 4 is 17.0 Å². The molecule has 4 rings (SSSR count). The van der Waals surface area contributed by atoms with Crippen LogP contribution in [0.2, 0.25) is 0 Å². The van der Waals surface area contributed by atoms with Crippen molar-refractivity contribution in [1.29, 1.82) is 0 Å². The van der Waals surface area contributed by atoms with Gasteiger partial charge in [0.2, 0.25) is 5.95 Å². The summed E-state index contributed by atoms with van der Waals surface area (Å²) in [7, 11) is 0. The zero-order valence-corrected chi connectivity index (χ0v) is 12.7. The number of rotatable bonds is 2. The van der Waals surface area contributed by atoms with Crippen LogP contribution < -0.4 is 11.3 Å². The lowest BCUT2D eigenvalue weighted by Gasteiger charge is -2.24. The number of hydrogen-bond acceptors (Lipinski definition) is 7. The van der Waals surface area contributed by atoms with Crippen LogP contribution in [0.1, 0.15) is 20.1 Å². The summed E-state index contributed by atoms with van der Waals surface area (Å²) in [6.45, 7) is 3.43. The van der Waals surface area contributed by atoms with Gasteiger partial charge in [0.25, 0.3) is 5.56 Å². The number of aromatic amines is 1. The van der Waals surface area contributed by atoms with Gasteiger partial charge in [-0.2, -0.15) is 4.98 Å². The summed E-state index contributed by atoms with van der Waals surface area (Å²) < 4.78 is 19.3. The van der Waals surface area contributed by atoms with Gasteiger partial charge in [0.05, 0.1) is 12.0 Å². The Balaban J connectivity index is 1.80. The van der Waals surface area contributed by atoms with E-state index in [9.17, 15) is 9.90 Å². The Morgan fingerprint density at radius 3 is 2.91 bits per heavy atom. The monoisotopic (exact) mass is 322 g/mol. The number of ether oxygens (including phenoxy) is 3. The smallest absolute Gasteiger partial charge is 0.261 e. The fourth-order valence-corrected chi connectivity index (χ4v) is 3.30. The number of nitrogen functional groups attached to an aromatic ring is 1. The number of H-pyrrole nitrogens is 1. The van der Waals surface area contributed by atoms with Gasteiger partial charge in [-0.3, -0.25) is 9.78 Å². The highest BCUT2D eigenvalue weighted by Gasteiger charge is 2.55. The molecule has 4 N–H and O–H groups in total. The van der Waals surface area contributed by atoms with E-state index >= 15 is 0 Å². The number of anilines is 1. The molecule has 9 heteroatoms. The number of hydrogen-bond donors (Lipinski definition) is 3. The highest BCUT2D eigenvalue weighted by atomic mass is 16.8. The van der Waals surface area contributed by atoms with Gasteiger partial charge in [0.1, 0.15) is 18.3 Å². The normalized spacial score (nSPS) is 32.5. The molecule has 0 saturated carbocycles. The van der Waals surface area contributed by atoms with E-state index in [0.717, 1.165) is 0 Å². The van der Waals surface area contributed by atoms with Gasteiger partial charge in [0.15, 0.2) is 17.7 Å². The quantitative estimate of drug-likeness (QED) is 0.694. The molecule has 4 atom stereocenters. The first-order valence-electron chi connectivity index (χ1n) is 7.38. The standard InChI is InChI=1S/C14H18N4O5/c1-14(2)22-8-7(5-19)21-12(9(8)23-14)18-4-3-6-10(18)16-13(15)17-11(6)20/h3-4,7-9,12,19H,5H2,1-2H3,(H3,15,16,17,20)/t7-,8?,9?,12-/m1/s1. The summed E-state index contributed by atoms with van der Waals surface area (Å²) in [5, 5.41) is 9.95. The summed E-state index contributed by atoms with van der Waals surface area (Å²) >= 11 is 0. The predicted octanol–water partition coefficient (Wildman–Crippen LogP) is -0.283. The molecule has 0 aliphatic carbocycles. The van der Waals surface area contributed by atoms with E-state index in [0.29, 0.717) is 11.0 Å². The van der Waals surface area contributed by atoms with Crippen LogP contribution in [-0.2, 0) is 14.2 Å². The number of nitrogens with one attached hydrogen (secondary N) is 1. The maximum Gasteiger partial charge on any atom is 0.261 e. The highest BCUT2D eigenvalue weighted by Crippen LogP contribution is 2.43. The van der Waals surface area contributed by atoms with Gasteiger partial charge in [-0.05, 0) is 19.9 Å². The van der Waals surface area contributed by atoms with E-state index in [4.69, 9.17) is 19.9 Å². The molecule has 0 spiro atoms. The molecular formula is C14H18N4O5. The van der Waals surface area contributed by atoms with E-state index in [1.807, 2.05) is 13.8 Å². The van der Waals surface area contributed by atoms with Crippen LogP contribution in [0.4, 0.5) is 5.95 Å². The molecule has 2 aliphatic heterocycles. The first-order valence-corrected chi connectivity index (χ1v) is 7.38. The second-order valence-corrected chi connectivity index (χ2v) is 6.22. The number of nitrogens with zero attached hydrogens (tertiary/aromatic N) is 2. The Labute approximate surface area is 131 Å². The highest BCUT2D eigenvalue weighted by molar-refractivity contribution is 5.76. The zero-order chi connectivity index (χ0) is 16.4. The van der Waals surface area contributed by atoms with Gasteiger partial charge >= 0.3 is 0 Å². The van der Waals surface area contributed by atoms with Crippen LogP contribution in [0.15, 0.2) is 17.1 Å². The van der Waals surface area contributed by atoms with Crippen LogP contribution in [0.25, 0.3) is 11.0 Å². The maximum atomic E-state index is 12.0. The van der Waals surface area contributed by atoms with Gasteiger partial charge in [-0.15, -0.1) is 0 Å². The molecule has 124 valence electrons. The van der Waals surface area contributed by atoms with Crippen molar-refractivity contribution in [1.82, 2.24) is 14.5 Å². The zero-order valence-electron chi connectivity index (χ0n) is 12.7. The van der Waals surface area contributed by atoms with Crippen LogP contribution >= 0.6 is 0 Å². The van der Waals surface area contributed by atoms with E-state index in [1.54, 1.807) is 16.8 Å². The molecule has 2 aromatic rings. The predicted molar refractivity (Wildman–Crippen MR) is 79.6 cm³/mol. The first-order chi connectivity index (χ1) is 10.9. The number of nitrogens with two attached hydrogens (primary N) is 1. The van der Waals surface area contributed by atoms with Crippen molar-refractivity contribution in [2.75, 3.05) is 12.3 Å². The number of aromatic nitrogens is 3. The van der Waals surface area contributed by atoms with Gasteiger partial charge < -0.3 is 29.6 Å². The van der Waals surface area contributed by atoms with Crippen molar-refractivity contribution in [3.8, 4) is 0 Å². The SMILES string of the molecule is CC1(C)OC2C(O1)[C@@H](CO)O[C@H]2n1ccc2c(=O)[nH]c(N)nc21. The lowest BCUT2D eigenvalue weighted by Crippen LogP contribution is -2.31. The van der Waals surface area contributed by atoms with Gasteiger partial charge in [0, 0.05) is 6.20 Å². The Kier molecular flexibility index (Phi) is 3.04. The molecule has 0 amide bonds. The number of aliphatic hydroxyl groups is 1. The largest absolute Gasteiger partial charge is 0.394 e. The fourth-order valence-electron chi connectivity index (χ4n) is 3.30. The summed E-state index contributed by atoms with van der Waals surface area (Å²) in [5.74, 6) is -0.739. The Morgan fingerprint density at radius 2 is 2.17 bits per heavy atom. The van der Waals surface area contributed by atoms with Crippen LogP contribution in [0, 0.1) is 0 Å². The Bertz CT molecular complexity index is 813. The fraction of sp³-hybridized carbons (Fsp3) is 0.571. The molecular weight excluding hydrogens is 304 g/mol. The summed E-state index contributed by atoms with van der Waals surface area (Å²) in [4.78, 5) is 18.6. The Morgan fingerprint density at radius 1 is 1.43 bits per heavy atom. The number of fused-ring (bicyclic) bond motifs is 2.